The summed E-state index contributed by atoms with van der Waals surface area (Å²) in [5.74, 6) is 0.937. The first-order valence-corrected chi connectivity index (χ1v) is 12.6. The van der Waals surface area contributed by atoms with Gasteiger partial charge >= 0.3 is 5.56 Å². The molecule has 0 aliphatic carbocycles. The fourth-order valence-corrected chi connectivity index (χ4v) is 4.62. The van der Waals surface area contributed by atoms with Crippen LogP contribution in [0.3, 0.4) is 0 Å². The first kappa shape index (κ1) is 26.9. The molecule has 41 heavy (non-hydrogen) atoms. The van der Waals surface area contributed by atoms with Crippen molar-refractivity contribution >= 4 is 34.1 Å². The van der Waals surface area contributed by atoms with E-state index in [9.17, 15) is 25.0 Å². The van der Waals surface area contributed by atoms with Crippen LogP contribution in [0.15, 0.2) is 87.1 Å². The van der Waals surface area contributed by atoms with Gasteiger partial charge in [-0.1, -0.05) is 0 Å². The Bertz CT molecular complexity index is 1840. The minimum absolute atomic E-state index is 0.103. The Kier molecular flexibility index (Phi) is 7.34. The van der Waals surface area contributed by atoms with Crippen LogP contribution in [0.5, 0.6) is 11.5 Å². The number of azo groups is 1. The molecule has 14 nitrogen and oxygen atoms in total. The maximum absolute atomic E-state index is 13.6. The number of non-ortho nitro benzene ring substituents is 1. The first-order valence-electron chi connectivity index (χ1n) is 11.7. The third kappa shape index (κ3) is 5.41. The zero-order valence-corrected chi connectivity index (χ0v) is 22.2. The number of H-pyrrole nitrogens is 1. The van der Waals surface area contributed by atoms with Gasteiger partial charge in [-0.15, -0.1) is 21.6 Å². The quantitative estimate of drug-likeness (QED) is 0.123. The predicted molar refractivity (Wildman–Crippen MR) is 150 cm³/mol. The molecule has 2 aromatic heterocycles. The molecular formula is C26H19N7O7S. The number of aromatic amines is 1. The number of nitro groups is 2. The molecule has 2 heterocycles. The van der Waals surface area contributed by atoms with E-state index in [1.54, 1.807) is 24.6 Å². The number of aromatic nitrogens is 3. The molecule has 3 aromatic carbocycles. The van der Waals surface area contributed by atoms with E-state index in [2.05, 4.69) is 20.3 Å². The van der Waals surface area contributed by atoms with Gasteiger partial charge in [0.2, 0.25) is 5.13 Å². The van der Waals surface area contributed by atoms with Crippen molar-refractivity contribution in [1.82, 2.24) is 14.8 Å². The number of nitrogens with one attached hydrogen (secondary N) is 1. The third-order valence-corrected chi connectivity index (χ3v) is 6.76. The minimum atomic E-state index is -0.639. The summed E-state index contributed by atoms with van der Waals surface area (Å²) in [6.45, 7) is 0. The number of hydrogen-bond donors (Lipinski definition) is 1. The second kappa shape index (κ2) is 11.2. The van der Waals surface area contributed by atoms with E-state index in [0.29, 0.717) is 22.1 Å². The van der Waals surface area contributed by atoms with E-state index in [0.717, 1.165) is 5.56 Å². The normalized spacial score (nSPS) is 11.1. The van der Waals surface area contributed by atoms with Crippen LogP contribution in [0.4, 0.5) is 22.7 Å². The molecule has 5 aromatic rings. The number of nitrogens with zero attached hydrogens (tertiary/aromatic N) is 6. The Labute approximate surface area is 234 Å². The van der Waals surface area contributed by atoms with Crippen molar-refractivity contribution in [3.63, 3.8) is 0 Å². The maximum Gasteiger partial charge on any atom is 0.301 e. The highest BCUT2D eigenvalue weighted by Crippen LogP contribution is 2.35. The van der Waals surface area contributed by atoms with Crippen molar-refractivity contribution in [2.45, 2.75) is 0 Å². The summed E-state index contributed by atoms with van der Waals surface area (Å²) >= 11 is 1.19. The van der Waals surface area contributed by atoms with Crippen molar-refractivity contribution in [2.75, 3.05) is 14.2 Å². The number of rotatable bonds is 9. The molecule has 0 saturated heterocycles. The minimum Gasteiger partial charge on any atom is -0.497 e. The molecule has 206 valence electrons. The number of thiazole rings is 1. The number of nitro benzene ring substituents is 2. The second-order valence-electron chi connectivity index (χ2n) is 8.34. The average molecular weight is 574 g/mol. The van der Waals surface area contributed by atoms with E-state index in [4.69, 9.17) is 9.47 Å². The molecule has 0 saturated carbocycles. The number of benzene rings is 3. The van der Waals surface area contributed by atoms with Gasteiger partial charge in [0.05, 0.1) is 41.5 Å². The van der Waals surface area contributed by atoms with Gasteiger partial charge in [0.15, 0.2) is 11.4 Å². The van der Waals surface area contributed by atoms with E-state index in [1.165, 1.54) is 65.6 Å². The van der Waals surface area contributed by atoms with Crippen LogP contribution in [0, 0.1) is 20.2 Å². The van der Waals surface area contributed by atoms with Crippen LogP contribution >= 0.6 is 11.3 Å². The number of methoxy groups -OCH3 is 2. The molecule has 15 heteroatoms. The van der Waals surface area contributed by atoms with Gasteiger partial charge in [-0.3, -0.25) is 30.1 Å². The van der Waals surface area contributed by atoms with Crippen molar-refractivity contribution in [3.05, 3.63) is 103 Å². The average Bonchev–Trinajstić information content (AvgIpc) is 3.60. The molecule has 0 amide bonds. The Morgan fingerprint density at radius 2 is 1.54 bits per heavy atom. The summed E-state index contributed by atoms with van der Waals surface area (Å²) in [5, 5.41) is 35.8. The van der Waals surface area contributed by atoms with Gasteiger partial charge in [0, 0.05) is 28.6 Å². The lowest BCUT2D eigenvalue weighted by molar-refractivity contribution is -0.384. The van der Waals surface area contributed by atoms with Crippen molar-refractivity contribution in [1.29, 1.82) is 0 Å². The SMILES string of the molecule is COc1ccc(-c2csc(-n3[nH]c(-c4ccc([N+](=O)[O-])cc4)c(N=Nc4ccc(OC)cc4[N+](=O)[O-])c3=O)n2)cc1. The van der Waals surface area contributed by atoms with Crippen molar-refractivity contribution < 1.29 is 19.3 Å². The van der Waals surface area contributed by atoms with E-state index >= 15 is 0 Å². The molecule has 0 bridgehead atoms. The largest absolute Gasteiger partial charge is 0.497 e. The van der Waals surface area contributed by atoms with Crippen LogP contribution < -0.4 is 15.0 Å². The topological polar surface area (TPSA) is 180 Å². The molecule has 0 radical (unpaired) electrons. The van der Waals surface area contributed by atoms with Crippen LogP contribution in [0.1, 0.15) is 0 Å². The summed E-state index contributed by atoms with van der Waals surface area (Å²) < 4.78 is 11.4. The number of ether oxygens (including phenoxy) is 2. The molecule has 5 rings (SSSR count). The molecule has 0 aliphatic heterocycles. The highest BCUT2D eigenvalue weighted by Gasteiger charge is 2.21. The van der Waals surface area contributed by atoms with E-state index in [-0.39, 0.29) is 34.2 Å². The third-order valence-electron chi connectivity index (χ3n) is 5.94. The van der Waals surface area contributed by atoms with Crippen LogP contribution in [0.25, 0.3) is 27.6 Å². The summed E-state index contributed by atoms with van der Waals surface area (Å²) in [5.41, 5.74) is 0.579. The van der Waals surface area contributed by atoms with Crippen LogP contribution in [-0.4, -0.2) is 38.8 Å². The smallest absolute Gasteiger partial charge is 0.301 e. The molecule has 0 atom stereocenters. The predicted octanol–water partition coefficient (Wildman–Crippen LogP) is 6.21. The van der Waals surface area contributed by atoms with Crippen LogP contribution in [0.2, 0.25) is 0 Å². The molecular weight excluding hydrogens is 554 g/mol. The Hall–Kier alpha value is -5.70. The molecule has 0 spiro atoms. The molecule has 1 N–H and O–H groups in total. The Balaban J connectivity index is 1.61. The van der Waals surface area contributed by atoms with Gasteiger partial charge in [0.25, 0.3) is 11.4 Å². The standard InChI is InChI=1S/C26H19N7O7S/c1-39-18-9-5-15(6-10-18)21-14-41-26(27-21)31-25(34)24(23(30-31)16-3-7-17(8-4-16)32(35)36)29-28-20-12-11-19(40-2)13-22(20)33(37)38/h3-14,30H,1-2H3. The molecule has 0 unspecified atom stereocenters. The van der Waals surface area contributed by atoms with Gasteiger partial charge in [0.1, 0.15) is 11.5 Å². The lowest BCUT2D eigenvalue weighted by Gasteiger charge is -2.01. The Morgan fingerprint density at radius 1 is 0.878 bits per heavy atom. The first-order chi connectivity index (χ1) is 19.8. The maximum atomic E-state index is 13.6. The Morgan fingerprint density at radius 3 is 2.17 bits per heavy atom. The highest BCUT2D eigenvalue weighted by atomic mass is 32.1. The monoisotopic (exact) mass is 573 g/mol. The fraction of sp³-hybridized carbons (Fsp3) is 0.0769. The lowest BCUT2D eigenvalue weighted by atomic mass is 10.1. The summed E-state index contributed by atoms with van der Waals surface area (Å²) in [7, 11) is 2.94. The second-order valence-corrected chi connectivity index (χ2v) is 9.17. The summed E-state index contributed by atoms with van der Waals surface area (Å²) in [6.07, 6.45) is 0. The van der Waals surface area contributed by atoms with Gasteiger partial charge < -0.3 is 9.47 Å². The zero-order chi connectivity index (χ0) is 29.1. The summed E-state index contributed by atoms with van der Waals surface area (Å²) in [6, 6.07) is 16.7. The lowest BCUT2D eigenvalue weighted by Crippen LogP contribution is -2.13. The molecule has 0 fully saturated rings. The van der Waals surface area contributed by atoms with Crippen molar-refractivity contribution in [3.8, 4) is 39.1 Å². The van der Waals surface area contributed by atoms with E-state index < -0.39 is 15.4 Å². The van der Waals surface area contributed by atoms with Gasteiger partial charge in [-0.2, -0.15) is 4.68 Å². The van der Waals surface area contributed by atoms with Crippen LogP contribution in [-0.2, 0) is 0 Å². The van der Waals surface area contributed by atoms with Gasteiger partial charge in [-0.25, -0.2) is 4.98 Å². The fourth-order valence-electron chi connectivity index (χ4n) is 3.83. The van der Waals surface area contributed by atoms with E-state index in [1.807, 2.05) is 12.1 Å². The number of hydrogen-bond acceptors (Lipinski definition) is 11. The summed E-state index contributed by atoms with van der Waals surface area (Å²) in [4.78, 5) is 39.7. The molecule has 0 aliphatic rings. The zero-order valence-electron chi connectivity index (χ0n) is 21.4. The highest BCUT2D eigenvalue weighted by molar-refractivity contribution is 7.12. The van der Waals surface area contributed by atoms with Crippen molar-refractivity contribution in [2.24, 2.45) is 10.2 Å². The van der Waals surface area contributed by atoms with Gasteiger partial charge in [-0.05, 0) is 48.5 Å².